The van der Waals surface area contributed by atoms with Gasteiger partial charge in [0.15, 0.2) is 10.8 Å². The van der Waals surface area contributed by atoms with Gasteiger partial charge in [0.05, 0.1) is 5.41 Å². The Labute approximate surface area is 229 Å². The van der Waals surface area contributed by atoms with Crippen LogP contribution < -0.4 is 15.8 Å². The molecule has 0 bridgehead atoms. The van der Waals surface area contributed by atoms with E-state index in [-0.39, 0.29) is 34.8 Å². The van der Waals surface area contributed by atoms with Crippen molar-refractivity contribution < 1.29 is 43.1 Å². The van der Waals surface area contributed by atoms with Crippen LogP contribution >= 0.6 is 23.1 Å². The van der Waals surface area contributed by atoms with Crippen LogP contribution in [0.4, 0.5) is 5.13 Å². The number of rotatable bonds is 9. The summed E-state index contributed by atoms with van der Waals surface area (Å²) in [6.07, 6.45) is 1.31. The molecule has 0 aliphatic carbocycles. The summed E-state index contributed by atoms with van der Waals surface area (Å²) in [7, 11) is 0. The van der Waals surface area contributed by atoms with Crippen molar-refractivity contribution in [2.45, 2.75) is 32.2 Å². The number of oxime groups is 1. The molecular formula is C22H24N6O9S2. The molecule has 4 rings (SSSR count). The Morgan fingerprint density at radius 1 is 1.33 bits per heavy atom. The highest BCUT2D eigenvalue weighted by atomic mass is 32.2. The lowest BCUT2D eigenvalue weighted by atomic mass is 9.98. The van der Waals surface area contributed by atoms with E-state index in [2.05, 4.69) is 20.6 Å². The average molecular weight is 581 g/mol. The molecule has 2 atom stereocenters. The number of β-lactam (4-membered cyclic amide) rings is 1. The van der Waals surface area contributed by atoms with Crippen molar-refractivity contribution in [3.05, 3.63) is 34.7 Å². The number of nitrogens with one attached hydrogen (secondary N) is 1. The van der Waals surface area contributed by atoms with Gasteiger partial charge >= 0.3 is 11.9 Å². The number of thioether (sulfide) groups is 1. The molecule has 2 aliphatic rings. The van der Waals surface area contributed by atoms with Crippen molar-refractivity contribution in [1.29, 1.82) is 0 Å². The van der Waals surface area contributed by atoms with Gasteiger partial charge < -0.3 is 35.0 Å². The summed E-state index contributed by atoms with van der Waals surface area (Å²) in [5, 5.41) is 19.4. The molecule has 2 amide bonds. The van der Waals surface area contributed by atoms with E-state index in [9.17, 15) is 24.4 Å². The molecule has 0 spiro atoms. The smallest absolute Gasteiger partial charge is 0.358 e. The molecule has 17 heteroatoms. The first-order valence-electron chi connectivity index (χ1n) is 11.3. The second kappa shape index (κ2) is 11.3. The van der Waals surface area contributed by atoms with Crippen LogP contribution in [-0.2, 0) is 28.7 Å². The second-order valence-corrected chi connectivity index (χ2v) is 11.2. The van der Waals surface area contributed by atoms with Crippen LogP contribution in [0.5, 0.6) is 5.88 Å². The zero-order chi connectivity index (χ0) is 28.3. The molecule has 0 radical (unpaired) electrons. The molecule has 39 heavy (non-hydrogen) atoms. The Hall–Kier alpha value is -4.12. The highest BCUT2D eigenvalue weighted by molar-refractivity contribution is 8.00. The highest BCUT2D eigenvalue weighted by Gasteiger charge is 2.55. The fourth-order valence-electron chi connectivity index (χ4n) is 3.46. The quantitative estimate of drug-likeness (QED) is 0.0933. The number of nitrogens with zero attached hydrogens (tertiary/aromatic N) is 4. The molecule has 1 unspecified atom stereocenters. The molecule has 0 saturated carbocycles. The summed E-state index contributed by atoms with van der Waals surface area (Å²) in [5.41, 5.74) is 4.69. The van der Waals surface area contributed by atoms with Crippen molar-refractivity contribution in [2.24, 2.45) is 10.6 Å². The highest BCUT2D eigenvalue weighted by Crippen LogP contribution is 2.41. The van der Waals surface area contributed by atoms with Crippen molar-refractivity contribution in [1.82, 2.24) is 20.4 Å². The molecule has 0 aromatic carbocycles. The minimum Gasteiger partial charge on any atom is -0.471 e. The predicted molar refractivity (Wildman–Crippen MR) is 135 cm³/mol. The van der Waals surface area contributed by atoms with E-state index in [0.29, 0.717) is 5.57 Å². The number of carbonyl (C=O) groups excluding carboxylic acids is 4. The Morgan fingerprint density at radius 3 is 2.72 bits per heavy atom. The van der Waals surface area contributed by atoms with E-state index >= 15 is 0 Å². The van der Waals surface area contributed by atoms with Crippen LogP contribution in [0.25, 0.3) is 0 Å². The predicted octanol–water partition coefficient (Wildman–Crippen LogP) is 0.715. The zero-order valence-corrected chi connectivity index (χ0v) is 22.5. The molecule has 2 aromatic heterocycles. The molecular weight excluding hydrogens is 556 g/mol. The largest absolute Gasteiger partial charge is 0.471 e. The van der Waals surface area contributed by atoms with Gasteiger partial charge in [0, 0.05) is 22.8 Å². The van der Waals surface area contributed by atoms with Gasteiger partial charge in [-0.1, -0.05) is 5.16 Å². The van der Waals surface area contributed by atoms with Gasteiger partial charge in [0.2, 0.25) is 6.79 Å². The third-order valence-corrected chi connectivity index (χ3v) is 7.42. The van der Waals surface area contributed by atoms with Gasteiger partial charge in [0.25, 0.3) is 17.7 Å². The van der Waals surface area contributed by atoms with E-state index in [1.807, 2.05) is 0 Å². The number of esters is 2. The van der Waals surface area contributed by atoms with E-state index in [1.54, 1.807) is 20.8 Å². The van der Waals surface area contributed by atoms with Gasteiger partial charge in [0.1, 0.15) is 35.7 Å². The number of amides is 2. The molecule has 4 heterocycles. The van der Waals surface area contributed by atoms with Crippen molar-refractivity contribution in [3.63, 3.8) is 0 Å². The van der Waals surface area contributed by atoms with Crippen LogP contribution in [0.15, 0.2) is 38.7 Å². The summed E-state index contributed by atoms with van der Waals surface area (Å²) in [6.45, 7) is 4.15. The van der Waals surface area contributed by atoms with E-state index in [0.717, 1.165) is 11.3 Å². The number of ether oxygens (including phenoxy) is 3. The number of fused-ring (bicyclic) bond motifs is 1. The zero-order valence-electron chi connectivity index (χ0n) is 20.9. The molecule has 2 aliphatic heterocycles. The first kappa shape index (κ1) is 27.9. The summed E-state index contributed by atoms with van der Waals surface area (Å²) in [6, 6.07) is 0.426. The van der Waals surface area contributed by atoms with Gasteiger partial charge in [-0.25, -0.2) is 9.78 Å². The fourth-order valence-corrected chi connectivity index (χ4v) is 5.34. The number of nitrogen functional groups attached to an aromatic ring is 1. The Balaban J connectivity index is 1.49. The maximum atomic E-state index is 13.2. The topological polar surface area (TPSA) is 209 Å². The second-order valence-electron chi connectivity index (χ2n) is 9.19. The van der Waals surface area contributed by atoms with Crippen LogP contribution in [0, 0.1) is 5.41 Å². The number of hydrogen-bond donors (Lipinski definition) is 3. The van der Waals surface area contributed by atoms with E-state index in [4.69, 9.17) is 24.5 Å². The minimum absolute atomic E-state index is 0.0404. The first-order valence-corrected chi connectivity index (χ1v) is 13.2. The lowest BCUT2D eigenvalue weighted by molar-refractivity contribution is -0.173. The molecule has 4 N–H and O–H groups in total. The average Bonchev–Trinajstić information content (AvgIpc) is 3.57. The molecule has 15 nitrogen and oxygen atoms in total. The Kier molecular flexibility index (Phi) is 8.10. The van der Waals surface area contributed by atoms with Crippen LogP contribution in [0.2, 0.25) is 0 Å². The van der Waals surface area contributed by atoms with Gasteiger partial charge in [-0.15, -0.1) is 23.1 Å². The summed E-state index contributed by atoms with van der Waals surface area (Å²) >= 11 is 2.31. The van der Waals surface area contributed by atoms with Crippen molar-refractivity contribution in [2.75, 3.05) is 24.9 Å². The van der Waals surface area contributed by atoms with E-state index < -0.39 is 53.1 Å². The normalized spacial score (nSPS) is 19.2. The summed E-state index contributed by atoms with van der Waals surface area (Å²) < 4.78 is 20.4. The first-order chi connectivity index (χ1) is 18.5. The molecule has 208 valence electrons. The minimum atomic E-state index is -1.05. The molecule has 1 fully saturated rings. The molecule has 2 aromatic rings. The number of hydrogen-bond acceptors (Lipinski definition) is 15. The third kappa shape index (κ3) is 5.98. The lowest BCUT2D eigenvalue weighted by Crippen LogP contribution is -2.71. The molecule has 1 saturated heterocycles. The van der Waals surface area contributed by atoms with Crippen LogP contribution in [0.1, 0.15) is 26.5 Å². The number of thiazole rings is 1. The lowest BCUT2D eigenvalue weighted by Gasteiger charge is -2.49. The maximum Gasteiger partial charge on any atom is 0.358 e. The standard InChI is InChI=1S/C22H24N6O9S2/c1-22(2,3)20(32)36-9-35-19(31)15-10(6-34-12-4-5-37-27-12)7-38-18-14(17(30)28(15)18)25-16(29)13(26-33)11-8-39-21(23)24-11/h4-5,8,14,18,33H,6-7,9H2,1-3H3,(H2,23,24)(H,25,29)/b26-13-/t14?,18-/m1/s1. The van der Waals surface area contributed by atoms with Crippen molar-refractivity contribution >= 4 is 57.7 Å². The maximum absolute atomic E-state index is 13.2. The number of aromatic nitrogens is 2. The Bertz CT molecular complexity index is 1330. The summed E-state index contributed by atoms with van der Waals surface area (Å²) in [4.78, 5) is 56.1. The monoisotopic (exact) mass is 580 g/mol. The third-order valence-electron chi connectivity index (χ3n) is 5.41. The number of anilines is 1. The van der Waals surface area contributed by atoms with Crippen LogP contribution in [-0.4, -0.2) is 80.3 Å². The van der Waals surface area contributed by atoms with Gasteiger partial charge in [-0.3, -0.25) is 19.3 Å². The Morgan fingerprint density at radius 2 is 2.10 bits per heavy atom. The fraction of sp³-hybridized carbons (Fsp3) is 0.409. The van der Waals surface area contributed by atoms with Crippen molar-refractivity contribution in [3.8, 4) is 5.88 Å². The van der Waals surface area contributed by atoms with Gasteiger partial charge in [-0.05, 0) is 25.9 Å². The number of carbonyl (C=O) groups is 4. The van der Waals surface area contributed by atoms with Gasteiger partial charge in [-0.2, -0.15) is 0 Å². The number of nitrogens with two attached hydrogens (primary N) is 1. The van der Waals surface area contributed by atoms with E-state index in [1.165, 1.54) is 34.4 Å². The summed E-state index contributed by atoms with van der Waals surface area (Å²) in [5.74, 6) is -2.58. The van der Waals surface area contributed by atoms with Crippen LogP contribution in [0.3, 0.4) is 0 Å². The SMILES string of the molecule is CC(C)(C)C(=O)OCOC(=O)C1=C(COc2ccon2)CS[C@@H]2C(NC(=O)/C(=N\O)c3csc(N)n3)C(=O)N12.